The topological polar surface area (TPSA) is 107 Å². The van der Waals surface area contributed by atoms with Gasteiger partial charge in [-0.2, -0.15) is 0 Å². The van der Waals surface area contributed by atoms with Gasteiger partial charge < -0.3 is 20.8 Å². The predicted octanol–water partition coefficient (Wildman–Crippen LogP) is 5.37. The van der Waals surface area contributed by atoms with Crippen molar-refractivity contribution in [3.8, 4) is 0 Å². The summed E-state index contributed by atoms with van der Waals surface area (Å²) in [4.78, 5) is 27.7. The summed E-state index contributed by atoms with van der Waals surface area (Å²) in [5, 5.41) is 19.2. The molecule has 0 saturated heterocycles. The Morgan fingerprint density at radius 3 is 1.44 bits per heavy atom. The molecular formula is C27H55N3O4. The van der Waals surface area contributed by atoms with Crippen LogP contribution in [0.1, 0.15) is 117 Å². The highest BCUT2D eigenvalue weighted by atomic mass is 16.4. The first-order valence-electron chi connectivity index (χ1n) is 14.1. The molecule has 0 aliphatic rings. The van der Waals surface area contributed by atoms with E-state index in [0.29, 0.717) is 13.1 Å². The van der Waals surface area contributed by atoms with Crippen LogP contribution in [0.3, 0.4) is 0 Å². The van der Waals surface area contributed by atoms with E-state index in [2.05, 4.69) is 25.7 Å². The normalized spacial score (nSPS) is 13.5. The van der Waals surface area contributed by atoms with Gasteiger partial charge in [0, 0.05) is 6.54 Å². The number of nitrogens with zero attached hydrogens (tertiary/aromatic N) is 2. The molecular weight excluding hydrogens is 430 g/mol. The summed E-state index contributed by atoms with van der Waals surface area (Å²) in [5.74, 6) is -2.40. The smallest absolute Gasteiger partial charge is 0.323 e. The van der Waals surface area contributed by atoms with Crippen LogP contribution in [0.25, 0.3) is 0 Å². The lowest BCUT2D eigenvalue weighted by Gasteiger charge is -2.32. The summed E-state index contributed by atoms with van der Waals surface area (Å²) in [7, 11) is 0. The van der Waals surface area contributed by atoms with Crippen molar-refractivity contribution in [1.82, 2.24) is 9.80 Å². The Labute approximate surface area is 209 Å². The van der Waals surface area contributed by atoms with Gasteiger partial charge >= 0.3 is 11.9 Å². The zero-order valence-electron chi connectivity index (χ0n) is 22.5. The summed E-state index contributed by atoms with van der Waals surface area (Å²) in [6.45, 7) is 10.8. The molecule has 202 valence electrons. The number of unbranched alkanes of at least 4 members (excludes halogenated alkanes) is 11. The second-order valence-electron chi connectivity index (χ2n) is 9.77. The third-order valence-electron chi connectivity index (χ3n) is 6.65. The molecule has 2 unspecified atom stereocenters. The van der Waals surface area contributed by atoms with E-state index in [1.54, 1.807) is 0 Å². The van der Waals surface area contributed by atoms with Crippen LogP contribution in [-0.2, 0) is 9.59 Å². The number of hydrogen-bond acceptors (Lipinski definition) is 5. The fraction of sp³-hybridized carbons (Fsp3) is 0.926. The number of carboxylic acid groups (broad SMARTS) is 2. The number of carboxylic acids is 2. The van der Waals surface area contributed by atoms with E-state index in [1.807, 2.05) is 4.90 Å². The molecule has 4 N–H and O–H groups in total. The van der Waals surface area contributed by atoms with Gasteiger partial charge in [0.15, 0.2) is 0 Å². The maximum absolute atomic E-state index is 12.0. The minimum atomic E-state index is -1.42. The Bertz CT molecular complexity index is 496. The van der Waals surface area contributed by atoms with Gasteiger partial charge in [-0.3, -0.25) is 14.5 Å². The van der Waals surface area contributed by atoms with Crippen molar-refractivity contribution >= 4 is 11.9 Å². The monoisotopic (exact) mass is 485 g/mol. The Balaban J connectivity index is 4.71. The van der Waals surface area contributed by atoms with Crippen molar-refractivity contribution in [2.45, 2.75) is 129 Å². The third kappa shape index (κ3) is 16.4. The van der Waals surface area contributed by atoms with Crippen LogP contribution in [0.5, 0.6) is 0 Å². The summed E-state index contributed by atoms with van der Waals surface area (Å²) >= 11 is 0. The molecule has 0 aromatic rings. The Hall–Kier alpha value is -1.18. The highest BCUT2D eigenvalue weighted by Crippen LogP contribution is 2.13. The number of rotatable bonds is 25. The van der Waals surface area contributed by atoms with E-state index in [0.717, 1.165) is 71.0 Å². The fourth-order valence-electron chi connectivity index (χ4n) is 4.46. The van der Waals surface area contributed by atoms with Crippen molar-refractivity contribution in [3.05, 3.63) is 0 Å². The van der Waals surface area contributed by atoms with Crippen LogP contribution in [0, 0.1) is 0 Å². The maximum Gasteiger partial charge on any atom is 0.323 e. The zero-order chi connectivity index (χ0) is 25.6. The van der Waals surface area contributed by atoms with E-state index in [9.17, 15) is 19.8 Å². The first-order chi connectivity index (χ1) is 16.4. The SMILES string of the molecule is CCCCCCCCCCCCN(CCCN(CCCC)CCCC)C(C(=O)O)C(N)C(=O)O. The molecule has 7 heteroatoms. The molecule has 0 heterocycles. The zero-order valence-corrected chi connectivity index (χ0v) is 22.5. The summed E-state index contributed by atoms with van der Waals surface area (Å²) in [6.07, 6.45) is 17.5. The van der Waals surface area contributed by atoms with Crippen LogP contribution < -0.4 is 5.73 Å². The maximum atomic E-state index is 12.0. The molecule has 0 saturated carbocycles. The molecule has 7 nitrogen and oxygen atoms in total. The Morgan fingerprint density at radius 2 is 1.00 bits per heavy atom. The second-order valence-corrected chi connectivity index (χ2v) is 9.77. The van der Waals surface area contributed by atoms with E-state index < -0.39 is 24.0 Å². The first-order valence-corrected chi connectivity index (χ1v) is 14.1. The van der Waals surface area contributed by atoms with Crippen LogP contribution in [0.4, 0.5) is 0 Å². The van der Waals surface area contributed by atoms with Crippen molar-refractivity contribution < 1.29 is 19.8 Å². The minimum Gasteiger partial charge on any atom is -0.480 e. The van der Waals surface area contributed by atoms with E-state index >= 15 is 0 Å². The summed E-state index contributed by atoms with van der Waals surface area (Å²) < 4.78 is 0. The van der Waals surface area contributed by atoms with Gasteiger partial charge in [0.1, 0.15) is 12.1 Å². The number of nitrogens with two attached hydrogens (primary N) is 1. The minimum absolute atomic E-state index is 0.560. The second kappa shape index (κ2) is 22.3. The number of aliphatic carboxylic acids is 2. The molecule has 0 aromatic carbocycles. The predicted molar refractivity (Wildman–Crippen MR) is 141 cm³/mol. The molecule has 0 rings (SSSR count). The van der Waals surface area contributed by atoms with Crippen molar-refractivity contribution in [2.24, 2.45) is 5.73 Å². The van der Waals surface area contributed by atoms with E-state index in [-0.39, 0.29) is 0 Å². The van der Waals surface area contributed by atoms with E-state index in [4.69, 9.17) is 5.73 Å². The molecule has 34 heavy (non-hydrogen) atoms. The lowest BCUT2D eigenvalue weighted by Crippen LogP contribution is -2.56. The lowest BCUT2D eigenvalue weighted by atomic mass is 10.0. The molecule has 0 aliphatic heterocycles. The number of carbonyl (C=O) groups is 2. The molecule has 0 aromatic heterocycles. The standard InChI is InChI=1S/C27H55N3O4/c1-4-7-10-11-12-13-14-15-16-17-22-30(25(27(33)34)24(28)26(31)32)23-18-21-29(19-8-5-2)20-9-6-3/h24-25H,4-23,28H2,1-3H3,(H,31,32)(H,33,34). The van der Waals surface area contributed by atoms with Crippen LogP contribution in [0.2, 0.25) is 0 Å². The van der Waals surface area contributed by atoms with E-state index in [1.165, 1.54) is 44.9 Å². The summed E-state index contributed by atoms with van der Waals surface area (Å²) in [5.41, 5.74) is 5.81. The average molecular weight is 486 g/mol. The van der Waals surface area contributed by atoms with Crippen LogP contribution in [0.15, 0.2) is 0 Å². The van der Waals surface area contributed by atoms with Gasteiger partial charge in [-0.25, -0.2) is 0 Å². The van der Waals surface area contributed by atoms with Gasteiger partial charge in [0.25, 0.3) is 0 Å². The molecule has 0 bridgehead atoms. The van der Waals surface area contributed by atoms with Crippen molar-refractivity contribution in [2.75, 3.05) is 32.7 Å². The molecule has 0 spiro atoms. The third-order valence-corrected chi connectivity index (χ3v) is 6.65. The summed E-state index contributed by atoms with van der Waals surface area (Å²) in [6, 6.07) is -2.60. The fourth-order valence-corrected chi connectivity index (χ4v) is 4.46. The van der Waals surface area contributed by atoms with Gasteiger partial charge in [0.2, 0.25) is 0 Å². The van der Waals surface area contributed by atoms with Gasteiger partial charge in [-0.05, 0) is 51.9 Å². The lowest BCUT2D eigenvalue weighted by molar-refractivity contribution is -0.151. The highest BCUT2D eigenvalue weighted by molar-refractivity contribution is 5.85. The highest BCUT2D eigenvalue weighted by Gasteiger charge is 2.35. The van der Waals surface area contributed by atoms with Crippen molar-refractivity contribution in [1.29, 1.82) is 0 Å². The average Bonchev–Trinajstić information content (AvgIpc) is 2.80. The quantitative estimate of drug-likeness (QED) is 0.149. The van der Waals surface area contributed by atoms with Gasteiger partial charge in [-0.1, -0.05) is 91.4 Å². The first kappa shape index (κ1) is 32.8. The van der Waals surface area contributed by atoms with Crippen LogP contribution >= 0.6 is 0 Å². The van der Waals surface area contributed by atoms with Crippen molar-refractivity contribution in [3.63, 3.8) is 0 Å². The largest absolute Gasteiger partial charge is 0.480 e. The molecule has 0 amide bonds. The molecule has 0 radical (unpaired) electrons. The van der Waals surface area contributed by atoms with Gasteiger partial charge in [-0.15, -0.1) is 0 Å². The molecule has 0 fully saturated rings. The number of hydrogen-bond donors (Lipinski definition) is 3. The van der Waals surface area contributed by atoms with Gasteiger partial charge in [0.05, 0.1) is 0 Å². The molecule has 2 atom stereocenters. The van der Waals surface area contributed by atoms with Crippen LogP contribution in [-0.4, -0.2) is 76.8 Å². The molecule has 0 aliphatic carbocycles. The Kier molecular flexibility index (Phi) is 21.5. The Morgan fingerprint density at radius 1 is 0.588 bits per heavy atom.